The highest BCUT2D eigenvalue weighted by Gasteiger charge is 2.21. The van der Waals surface area contributed by atoms with Gasteiger partial charge >= 0.3 is 0 Å². The average Bonchev–Trinajstić information content (AvgIpc) is 2.55. The number of hydrogen-bond donors (Lipinski definition) is 2. The quantitative estimate of drug-likeness (QED) is 0.777. The third-order valence-corrected chi connectivity index (χ3v) is 5.79. The molecule has 0 saturated heterocycles. The van der Waals surface area contributed by atoms with Crippen molar-refractivity contribution in [3.8, 4) is 0 Å². The number of thiocarbonyl (C=S) groups is 1. The normalized spacial score (nSPS) is 11.3. The molecule has 0 amide bonds. The van der Waals surface area contributed by atoms with Crippen LogP contribution in [0, 0.1) is 0 Å². The topological polar surface area (TPSA) is 61.4 Å². The molecule has 0 atom stereocenters. The van der Waals surface area contributed by atoms with Gasteiger partial charge in [0.2, 0.25) is 10.0 Å². The predicted octanol–water partition coefficient (Wildman–Crippen LogP) is 3.08. The van der Waals surface area contributed by atoms with Crippen molar-refractivity contribution in [2.45, 2.75) is 11.4 Å². The molecular formula is C16H18ClN3O2S2. The molecule has 2 N–H and O–H groups in total. The highest BCUT2D eigenvalue weighted by Crippen LogP contribution is 2.26. The van der Waals surface area contributed by atoms with Crippen molar-refractivity contribution in [1.29, 1.82) is 0 Å². The Morgan fingerprint density at radius 1 is 1.17 bits per heavy atom. The molecule has 0 fully saturated rings. The Kier molecular flexibility index (Phi) is 6.17. The lowest BCUT2D eigenvalue weighted by molar-refractivity contribution is 0.521. The van der Waals surface area contributed by atoms with Crippen LogP contribution in [0.5, 0.6) is 0 Å². The van der Waals surface area contributed by atoms with Gasteiger partial charge in [-0.1, -0.05) is 41.9 Å². The maximum Gasteiger partial charge on any atom is 0.244 e. The van der Waals surface area contributed by atoms with E-state index >= 15 is 0 Å². The third kappa shape index (κ3) is 4.67. The second kappa shape index (κ2) is 7.94. The fourth-order valence-electron chi connectivity index (χ4n) is 1.93. The van der Waals surface area contributed by atoms with Gasteiger partial charge in [-0.05, 0) is 36.0 Å². The van der Waals surface area contributed by atoms with Gasteiger partial charge in [-0.2, -0.15) is 0 Å². The van der Waals surface area contributed by atoms with E-state index in [0.717, 1.165) is 9.87 Å². The number of benzene rings is 2. The SMILES string of the molecule is CN(C)S(=O)(=O)c1cc(NC(=S)NCc2ccccc2)ccc1Cl. The molecule has 0 aromatic heterocycles. The van der Waals surface area contributed by atoms with Crippen molar-refractivity contribution in [3.05, 3.63) is 59.1 Å². The standard InChI is InChI=1S/C16H18ClN3O2S2/c1-20(2)24(21,22)15-10-13(8-9-14(15)17)19-16(23)18-11-12-6-4-3-5-7-12/h3-10H,11H2,1-2H3,(H2,18,19,23). The summed E-state index contributed by atoms with van der Waals surface area (Å²) in [6, 6.07) is 14.5. The summed E-state index contributed by atoms with van der Waals surface area (Å²) in [7, 11) is -0.711. The average molecular weight is 384 g/mol. The maximum atomic E-state index is 12.3. The second-order valence-electron chi connectivity index (χ2n) is 5.23. The van der Waals surface area contributed by atoms with Crippen molar-refractivity contribution in [2.75, 3.05) is 19.4 Å². The minimum absolute atomic E-state index is 0.0324. The summed E-state index contributed by atoms with van der Waals surface area (Å²) in [5.74, 6) is 0. The monoisotopic (exact) mass is 383 g/mol. The molecular weight excluding hydrogens is 366 g/mol. The molecule has 0 saturated carbocycles. The van der Waals surface area contributed by atoms with Crippen LogP contribution in [-0.2, 0) is 16.6 Å². The lowest BCUT2D eigenvalue weighted by Gasteiger charge is -2.15. The van der Waals surface area contributed by atoms with E-state index in [2.05, 4.69) is 10.6 Å². The van der Waals surface area contributed by atoms with Crippen LogP contribution in [0.25, 0.3) is 0 Å². The van der Waals surface area contributed by atoms with Crippen LogP contribution in [-0.4, -0.2) is 31.9 Å². The molecule has 0 unspecified atom stereocenters. The van der Waals surface area contributed by atoms with Crippen molar-refractivity contribution >= 4 is 44.6 Å². The number of hydrogen-bond acceptors (Lipinski definition) is 3. The first-order valence-electron chi connectivity index (χ1n) is 7.11. The van der Waals surface area contributed by atoms with E-state index < -0.39 is 10.0 Å². The first kappa shape index (κ1) is 18.7. The van der Waals surface area contributed by atoms with Crippen LogP contribution in [0.2, 0.25) is 5.02 Å². The van der Waals surface area contributed by atoms with E-state index in [1.807, 2.05) is 30.3 Å². The minimum atomic E-state index is -3.62. The lowest BCUT2D eigenvalue weighted by atomic mass is 10.2. The summed E-state index contributed by atoms with van der Waals surface area (Å²) in [6.45, 7) is 0.573. The molecule has 0 aliphatic heterocycles. The highest BCUT2D eigenvalue weighted by molar-refractivity contribution is 7.89. The van der Waals surface area contributed by atoms with Crippen LogP contribution >= 0.6 is 23.8 Å². The number of nitrogens with one attached hydrogen (secondary N) is 2. The summed E-state index contributed by atoms with van der Waals surface area (Å²) < 4.78 is 25.6. The van der Waals surface area contributed by atoms with Gasteiger partial charge in [0, 0.05) is 26.3 Å². The predicted molar refractivity (Wildman–Crippen MR) is 102 cm³/mol. The number of nitrogens with zero attached hydrogens (tertiary/aromatic N) is 1. The number of sulfonamides is 1. The first-order chi connectivity index (χ1) is 11.3. The van der Waals surface area contributed by atoms with Gasteiger partial charge < -0.3 is 10.6 Å². The van der Waals surface area contributed by atoms with Crippen LogP contribution in [0.3, 0.4) is 0 Å². The van der Waals surface area contributed by atoms with E-state index in [4.69, 9.17) is 23.8 Å². The zero-order chi connectivity index (χ0) is 17.7. The Balaban J connectivity index is 2.09. The molecule has 0 aliphatic carbocycles. The zero-order valence-electron chi connectivity index (χ0n) is 13.3. The zero-order valence-corrected chi connectivity index (χ0v) is 15.7. The van der Waals surface area contributed by atoms with Crippen LogP contribution in [0.4, 0.5) is 5.69 Å². The highest BCUT2D eigenvalue weighted by atomic mass is 35.5. The van der Waals surface area contributed by atoms with Crippen LogP contribution in [0.1, 0.15) is 5.56 Å². The Labute approximate surface area is 152 Å². The van der Waals surface area contributed by atoms with Gasteiger partial charge in [0.25, 0.3) is 0 Å². The number of halogens is 1. The number of anilines is 1. The van der Waals surface area contributed by atoms with Crippen molar-refractivity contribution in [3.63, 3.8) is 0 Å². The van der Waals surface area contributed by atoms with E-state index in [9.17, 15) is 8.42 Å². The Bertz CT molecular complexity index is 824. The molecule has 0 bridgehead atoms. The molecule has 2 aromatic rings. The molecule has 128 valence electrons. The van der Waals surface area contributed by atoms with Gasteiger partial charge in [-0.25, -0.2) is 12.7 Å². The van der Waals surface area contributed by atoms with Gasteiger partial charge in [-0.3, -0.25) is 0 Å². The molecule has 2 rings (SSSR count). The molecule has 24 heavy (non-hydrogen) atoms. The summed E-state index contributed by atoms with van der Waals surface area (Å²) in [6.07, 6.45) is 0. The smallest absolute Gasteiger partial charge is 0.244 e. The molecule has 0 aliphatic rings. The van der Waals surface area contributed by atoms with Gasteiger partial charge in [0.1, 0.15) is 4.90 Å². The Hall–Kier alpha value is -1.67. The van der Waals surface area contributed by atoms with Crippen molar-refractivity contribution in [2.24, 2.45) is 0 Å². The van der Waals surface area contributed by atoms with Gasteiger partial charge in [0.15, 0.2) is 5.11 Å². The number of rotatable bonds is 5. The summed E-state index contributed by atoms with van der Waals surface area (Å²) in [5.41, 5.74) is 1.64. The first-order valence-corrected chi connectivity index (χ1v) is 9.34. The van der Waals surface area contributed by atoms with Gasteiger partial charge in [0.05, 0.1) is 5.02 Å². The Morgan fingerprint density at radius 2 is 1.83 bits per heavy atom. The fraction of sp³-hybridized carbons (Fsp3) is 0.188. The van der Waals surface area contributed by atoms with E-state index in [-0.39, 0.29) is 9.92 Å². The summed E-state index contributed by atoms with van der Waals surface area (Å²) in [4.78, 5) is 0.0324. The molecule has 2 aromatic carbocycles. The third-order valence-electron chi connectivity index (χ3n) is 3.24. The lowest BCUT2D eigenvalue weighted by Crippen LogP contribution is -2.28. The molecule has 0 heterocycles. The molecule has 5 nitrogen and oxygen atoms in total. The van der Waals surface area contributed by atoms with Crippen molar-refractivity contribution < 1.29 is 8.42 Å². The summed E-state index contributed by atoms with van der Waals surface area (Å²) >= 11 is 11.3. The largest absolute Gasteiger partial charge is 0.358 e. The van der Waals surface area contributed by atoms with Crippen LogP contribution < -0.4 is 10.6 Å². The minimum Gasteiger partial charge on any atom is -0.358 e. The van der Waals surface area contributed by atoms with E-state index in [1.165, 1.54) is 26.2 Å². The van der Waals surface area contributed by atoms with Crippen LogP contribution in [0.15, 0.2) is 53.4 Å². The Morgan fingerprint density at radius 3 is 2.46 bits per heavy atom. The molecule has 0 radical (unpaired) electrons. The van der Waals surface area contributed by atoms with Gasteiger partial charge in [-0.15, -0.1) is 0 Å². The van der Waals surface area contributed by atoms with E-state index in [1.54, 1.807) is 6.07 Å². The summed E-state index contributed by atoms with van der Waals surface area (Å²) in [5, 5.41) is 6.60. The molecule has 8 heteroatoms. The van der Waals surface area contributed by atoms with Crippen molar-refractivity contribution in [1.82, 2.24) is 9.62 Å². The molecule has 0 spiro atoms. The second-order valence-corrected chi connectivity index (χ2v) is 8.16. The fourth-order valence-corrected chi connectivity index (χ4v) is 3.51. The maximum absolute atomic E-state index is 12.3. The van der Waals surface area contributed by atoms with E-state index in [0.29, 0.717) is 17.3 Å².